The Bertz CT molecular complexity index is 954. The van der Waals surface area contributed by atoms with E-state index in [0.29, 0.717) is 24.5 Å². The molecule has 2 aromatic carbocycles. The molecule has 0 bridgehead atoms. The summed E-state index contributed by atoms with van der Waals surface area (Å²) in [6.45, 7) is 5.44. The van der Waals surface area contributed by atoms with Gasteiger partial charge in [0.1, 0.15) is 12.4 Å². The molecule has 5 nitrogen and oxygen atoms in total. The number of aromatic nitrogens is 1. The maximum absolute atomic E-state index is 12.9. The predicted molar refractivity (Wildman–Crippen MR) is 124 cm³/mol. The van der Waals surface area contributed by atoms with E-state index >= 15 is 0 Å². The van der Waals surface area contributed by atoms with Crippen molar-refractivity contribution in [2.24, 2.45) is 5.92 Å². The Hall–Kier alpha value is -2.70. The van der Waals surface area contributed by atoms with Crippen LogP contribution in [0.25, 0.3) is 0 Å². The second-order valence-corrected chi connectivity index (χ2v) is 8.87. The van der Waals surface area contributed by atoms with Crippen molar-refractivity contribution in [3.63, 3.8) is 0 Å². The van der Waals surface area contributed by atoms with E-state index in [-0.39, 0.29) is 11.9 Å². The minimum Gasteiger partial charge on any atom is -0.487 e. The maximum atomic E-state index is 12.9. The molecule has 31 heavy (non-hydrogen) atoms. The second-order valence-electron chi connectivity index (χ2n) is 8.15. The van der Waals surface area contributed by atoms with Crippen molar-refractivity contribution in [1.82, 2.24) is 15.2 Å². The average molecular weight is 436 g/mol. The molecule has 0 spiro atoms. The van der Waals surface area contributed by atoms with Crippen LogP contribution in [0, 0.1) is 5.92 Å². The van der Waals surface area contributed by atoms with E-state index in [1.807, 2.05) is 29.6 Å². The van der Waals surface area contributed by atoms with E-state index in [4.69, 9.17) is 4.74 Å². The number of rotatable bonds is 8. The summed E-state index contributed by atoms with van der Waals surface area (Å²) in [6.07, 6.45) is 2.41. The van der Waals surface area contributed by atoms with Crippen molar-refractivity contribution >= 4 is 17.2 Å². The van der Waals surface area contributed by atoms with Crippen LogP contribution >= 0.6 is 11.3 Å². The highest BCUT2D eigenvalue weighted by atomic mass is 32.1. The molecule has 1 N–H and O–H groups in total. The van der Waals surface area contributed by atoms with Crippen LogP contribution < -0.4 is 10.1 Å². The molecule has 0 saturated carbocycles. The third-order valence-corrected chi connectivity index (χ3v) is 6.50. The van der Waals surface area contributed by atoms with Gasteiger partial charge < -0.3 is 10.1 Å². The summed E-state index contributed by atoms with van der Waals surface area (Å²) in [7, 11) is 0. The lowest BCUT2D eigenvalue weighted by atomic mass is 9.95. The molecule has 0 radical (unpaired) electrons. The molecule has 1 aliphatic rings. The molecule has 6 heteroatoms. The van der Waals surface area contributed by atoms with Gasteiger partial charge in [0.05, 0.1) is 17.2 Å². The molecular formula is C25H29N3O2S. The lowest BCUT2D eigenvalue weighted by Crippen LogP contribution is -2.42. The number of carbonyl (C=O) groups is 1. The minimum absolute atomic E-state index is 0.0783. The van der Waals surface area contributed by atoms with Crippen LogP contribution in [0.1, 0.15) is 47.4 Å². The zero-order valence-corrected chi connectivity index (χ0v) is 18.7. The Morgan fingerprint density at radius 3 is 2.74 bits per heavy atom. The molecule has 2 heterocycles. The quantitative estimate of drug-likeness (QED) is 0.545. The monoisotopic (exact) mass is 435 g/mol. The Kier molecular flexibility index (Phi) is 7.33. The van der Waals surface area contributed by atoms with Gasteiger partial charge in [-0.2, -0.15) is 0 Å². The molecule has 3 aromatic rings. The van der Waals surface area contributed by atoms with Crippen molar-refractivity contribution in [2.75, 3.05) is 19.6 Å². The first-order valence-electron chi connectivity index (χ1n) is 10.9. The van der Waals surface area contributed by atoms with Crippen molar-refractivity contribution in [1.29, 1.82) is 0 Å². The Labute approximate surface area is 188 Å². The fourth-order valence-corrected chi connectivity index (χ4v) is 4.50. The SMILES string of the molecule is CC1CCN(C(CNC(=O)c2cccc(OCc3cscn3)c2)c2ccccc2)CC1. The summed E-state index contributed by atoms with van der Waals surface area (Å²) < 4.78 is 5.80. The summed E-state index contributed by atoms with van der Waals surface area (Å²) >= 11 is 1.54. The third-order valence-electron chi connectivity index (χ3n) is 5.87. The summed E-state index contributed by atoms with van der Waals surface area (Å²) in [6, 6.07) is 18.0. The number of benzene rings is 2. The van der Waals surface area contributed by atoms with E-state index in [9.17, 15) is 4.79 Å². The van der Waals surface area contributed by atoms with E-state index in [1.54, 1.807) is 22.9 Å². The molecule has 1 unspecified atom stereocenters. The molecule has 1 saturated heterocycles. The van der Waals surface area contributed by atoms with Crippen LogP contribution in [0.3, 0.4) is 0 Å². The highest BCUT2D eigenvalue weighted by Crippen LogP contribution is 2.26. The van der Waals surface area contributed by atoms with Gasteiger partial charge in [0.15, 0.2) is 0 Å². The molecule has 1 aliphatic heterocycles. The van der Waals surface area contributed by atoms with Gasteiger partial charge in [-0.1, -0.05) is 43.3 Å². The highest BCUT2D eigenvalue weighted by molar-refractivity contribution is 7.07. The van der Waals surface area contributed by atoms with Gasteiger partial charge in [-0.05, 0) is 55.6 Å². The number of likely N-dealkylation sites (tertiary alicyclic amines) is 1. The number of nitrogens with zero attached hydrogens (tertiary/aromatic N) is 2. The number of amides is 1. The van der Waals surface area contributed by atoms with Crippen LogP contribution in [0.5, 0.6) is 5.75 Å². The van der Waals surface area contributed by atoms with Crippen LogP contribution in [0.2, 0.25) is 0 Å². The zero-order chi connectivity index (χ0) is 21.5. The van der Waals surface area contributed by atoms with Gasteiger partial charge in [0, 0.05) is 17.5 Å². The molecular weight excluding hydrogens is 406 g/mol. The van der Waals surface area contributed by atoms with Crippen molar-refractivity contribution in [3.8, 4) is 5.75 Å². The molecule has 162 valence electrons. The van der Waals surface area contributed by atoms with Crippen molar-refractivity contribution in [2.45, 2.75) is 32.4 Å². The fourth-order valence-electron chi connectivity index (χ4n) is 3.96. The zero-order valence-electron chi connectivity index (χ0n) is 17.9. The Morgan fingerprint density at radius 2 is 2.00 bits per heavy atom. The normalized spacial score (nSPS) is 16.0. The smallest absolute Gasteiger partial charge is 0.251 e. The third kappa shape index (κ3) is 5.93. The molecule has 4 rings (SSSR count). The van der Waals surface area contributed by atoms with E-state index < -0.39 is 0 Å². The largest absolute Gasteiger partial charge is 0.487 e. The van der Waals surface area contributed by atoms with Crippen LogP contribution in [0.4, 0.5) is 0 Å². The van der Waals surface area contributed by atoms with E-state index in [2.05, 4.69) is 46.4 Å². The molecule has 1 atom stereocenters. The standard InChI is InChI=1S/C25H29N3O2S/c1-19-10-12-28(13-11-19)24(20-6-3-2-4-7-20)15-26-25(29)21-8-5-9-23(14-21)30-16-22-17-31-18-27-22/h2-9,14,17-19,24H,10-13,15-16H2,1H3,(H,26,29). The van der Waals surface area contributed by atoms with Crippen LogP contribution in [-0.4, -0.2) is 35.4 Å². The molecule has 1 amide bonds. The number of thiazole rings is 1. The van der Waals surface area contributed by atoms with Crippen LogP contribution in [0.15, 0.2) is 65.5 Å². The van der Waals surface area contributed by atoms with Gasteiger partial charge in [-0.25, -0.2) is 4.98 Å². The number of nitrogens with one attached hydrogen (secondary N) is 1. The first-order valence-corrected chi connectivity index (χ1v) is 11.8. The average Bonchev–Trinajstić information content (AvgIpc) is 3.33. The first-order chi connectivity index (χ1) is 15.2. The number of piperidine rings is 1. The fraction of sp³-hybridized carbons (Fsp3) is 0.360. The van der Waals surface area contributed by atoms with E-state index in [0.717, 1.165) is 24.7 Å². The number of hydrogen-bond acceptors (Lipinski definition) is 5. The van der Waals surface area contributed by atoms with Crippen molar-refractivity contribution < 1.29 is 9.53 Å². The lowest BCUT2D eigenvalue weighted by molar-refractivity contribution is 0.0912. The topological polar surface area (TPSA) is 54.5 Å². The van der Waals surface area contributed by atoms with Gasteiger partial charge in [0.2, 0.25) is 0 Å². The lowest BCUT2D eigenvalue weighted by Gasteiger charge is -2.37. The summed E-state index contributed by atoms with van der Waals surface area (Å²) in [5.41, 5.74) is 4.53. The predicted octanol–water partition coefficient (Wildman–Crippen LogP) is 4.93. The highest BCUT2D eigenvalue weighted by Gasteiger charge is 2.25. The van der Waals surface area contributed by atoms with Gasteiger partial charge in [0.25, 0.3) is 5.91 Å². The van der Waals surface area contributed by atoms with E-state index in [1.165, 1.54) is 18.4 Å². The number of carbonyl (C=O) groups excluding carboxylic acids is 1. The summed E-state index contributed by atoms with van der Waals surface area (Å²) in [4.78, 5) is 19.6. The molecule has 0 aliphatic carbocycles. The first kappa shape index (κ1) is 21.5. The Morgan fingerprint density at radius 1 is 1.19 bits per heavy atom. The van der Waals surface area contributed by atoms with Gasteiger partial charge in [-0.3, -0.25) is 9.69 Å². The van der Waals surface area contributed by atoms with Gasteiger partial charge >= 0.3 is 0 Å². The van der Waals surface area contributed by atoms with Crippen LogP contribution in [-0.2, 0) is 6.61 Å². The Balaban J connectivity index is 1.40. The summed E-state index contributed by atoms with van der Waals surface area (Å²) in [5, 5.41) is 5.12. The van der Waals surface area contributed by atoms with Crippen molar-refractivity contribution in [3.05, 3.63) is 82.3 Å². The molecule has 1 aromatic heterocycles. The van der Waals surface area contributed by atoms with Gasteiger partial charge in [-0.15, -0.1) is 11.3 Å². The second kappa shape index (κ2) is 10.6. The summed E-state index contributed by atoms with van der Waals surface area (Å²) in [5.74, 6) is 1.37. The molecule has 1 fully saturated rings. The minimum atomic E-state index is -0.0783. The maximum Gasteiger partial charge on any atom is 0.251 e. The number of hydrogen-bond donors (Lipinski definition) is 1. The number of ether oxygens (including phenoxy) is 1.